The Balaban J connectivity index is 2.33. The predicted molar refractivity (Wildman–Crippen MR) is 76.5 cm³/mol. The highest BCUT2D eigenvalue weighted by molar-refractivity contribution is 7.89. The second kappa shape index (κ2) is 5.93. The number of halogens is 3. The molecule has 1 saturated heterocycles. The van der Waals surface area contributed by atoms with Gasteiger partial charge in [-0.1, -0.05) is 19.0 Å². The van der Waals surface area contributed by atoms with E-state index in [-0.39, 0.29) is 18.5 Å². The first kappa shape index (κ1) is 18.0. The quantitative estimate of drug-likeness (QED) is 0.812. The van der Waals surface area contributed by atoms with Crippen molar-refractivity contribution in [2.24, 2.45) is 5.92 Å². The molecule has 1 aliphatic heterocycles. The van der Waals surface area contributed by atoms with Crippen LogP contribution in [0.4, 0.5) is 19.2 Å². The van der Waals surface area contributed by atoms with Gasteiger partial charge >= 0.3 is 12.2 Å². The number of alkyl halides is 3. The molecule has 0 aliphatic carbocycles. The van der Waals surface area contributed by atoms with Crippen LogP contribution in [0.2, 0.25) is 0 Å². The molecule has 7 nitrogen and oxygen atoms in total. The topological polar surface area (TPSA) is 79.5 Å². The molecule has 11 heteroatoms. The van der Waals surface area contributed by atoms with Crippen molar-refractivity contribution in [2.75, 3.05) is 32.1 Å². The summed E-state index contributed by atoms with van der Waals surface area (Å²) in [6.45, 7) is 2.76. The highest BCUT2D eigenvalue weighted by Gasteiger charge is 2.55. The molecule has 0 radical (unpaired) electrons. The van der Waals surface area contributed by atoms with Gasteiger partial charge in [-0.25, -0.2) is 12.7 Å². The molecule has 0 saturated carbocycles. The third kappa shape index (κ3) is 3.44. The van der Waals surface area contributed by atoms with E-state index in [1.54, 1.807) is 0 Å². The molecule has 0 unspecified atom stereocenters. The Morgan fingerprint density at radius 2 is 1.91 bits per heavy atom. The Labute approximate surface area is 132 Å². The largest absolute Gasteiger partial charge is 0.394 e. The summed E-state index contributed by atoms with van der Waals surface area (Å²) in [6.07, 6.45) is -4.64. The molecule has 2 rings (SSSR count). The van der Waals surface area contributed by atoms with Crippen molar-refractivity contribution >= 4 is 16.0 Å². The highest BCUT2D eigenvalue weighted by Crippen LogP contribution is 2.39. The lowest BCUT2D eigenvalue weighted by Gasteiger charge is -2.23. The van der Waals surface area contributed by atoms with Gasteiger partial charge in [0.05, 0.1) is 5.92 Å². The number of rotatable bonds is 4. The van der Waals surface area contributed by atoms with Crippen LogP contribution in [0.3, 0.4) is 0 Å². The normalized spacial score (nSPS) is 23.3. The molecule has 1 aromatic heterocycles. The van der Waals surface area contributed by atoms with E-state index in [2.05, 4.69) is 10.1 Å². The van der Waals surface area contributed by atoms with Crippen molar-refractivity contribution in [1.82, 2.24) is 14.4 Å². The fourth-order valence-electron chi connectivity index (χ4n) is 2.41. The fourth-order valence-corrected chi connectivity index (χ4v) is 3.97. The van der Waals surface area contributed by atoms with Crippen LogP contribution in [0, 0.1) is 5.92 Å². The number of hydrogen-bond donors (Lipinski definition) is 0. The average Bonchev–Trinajstić information content (AvgIpc) is 3.04. The van der Waals surface area contributed by atoms with Crippen molar-refractivity contribution in [1.29, 1.82) is 0 Å². The third-order valence-corrected chi connectivity index (χ3v) is 6.06. The second-order valence-corrected chi connectivity index (χ2v) is 8.37. The average molecular weight is 356 g/mol. The SMILES string of the molecule is CC(C)c1noc(N2C[C@@H](C(F)(F)F)[C@H](S(=O)(=O)N(C)C)C2)n1. The van der Waals surface area contributed by atoms with Gasteiger partial charge < -0.3 is 9.42 Å². The molecule has 0 aromatic carbocycles. The van der Waals surface area contributed by atoms with Gasteiger partial charge in [-0.05, 0) is 0 Å². The molecule has 2 atom stereocenters. The maximum Gasteiger partial charge on any atom is 0.394 e. The number of anilines is 1. The minimum absolute atomic E-state index is 0.0465. The molecule has 23 heavy (non-hydrogen) atoms. The third-order valence-electron chi connectivity index (χ3n) is 3.80. The zero-order valence-corrected chi connectivity index (χ0v) is 14.0. The van der Waals surface area contributed by atoms with Crippen LogP contribution in [0.5, 0.6) is 0 Å². The standard InChI is InChI=1S/C12H19F3N4O3S/c1-7(2)10-16-11(22-17-10)19-5-8(12(13,14)15)9(6-19)23(20,21)18(3)4/h7-9H,5-6H2,1-4H3/t8-,9-/m1/s1. The Morgan fingerprint density at radius 1 is 1.30 bits per heavy atom. The highest BCUT2D eigenvalue weighted by atomic mass is 32.2. The van der Waals surface area contributed by atoms with Gasteiger partial charge in [0.15, 0.2) is 5.82 Å². The molecule has 0 spiro atoms. The Hall–Kier alpha value is -1.36. The fraction of sp³-hybridized carbons (Fsp3) is 0.833. The van der Waals surface area contributed by atoms with Crippen molar-refractivity contribution in [3.05, 3.63) is 5.82 Å². The zero-order valence-electron chi connectivity index (χ0n) is 13.2. The van der Waals surface area contributed by atoms with Gasteiger partial charge in [0.1, 0.15) is 5.25 Å². The molecule has 0 bridgehead atoms. The summed E-state index contributed by atoms with van der Waals surface area (Å²) >= 11 is 0. The van der Waals surface area contributed by atoms with E-state index < -0.39 is 33.9 Å². The lowest BCUT2D eigenvalue weighted by Crippen LogP contribution is -2.43. The number of hydrogen-bond acceptors (Lipinski definition) is 6. The molecule has 2 heterocycles. The molecule has 0 amide bonds. The van der Waals surface area contributed by atoms with Crippen LogP contribution in [0.15, 0.2) is 4.52 Å². The summed E-state index contributed by atoms with van der Waals surface area (Å²) in [5.41, 5.74) is 0. The van der Waals surface area contributed by atoms with E-state index in [1.807, 2.05) is 13.8 Å². The van der Waals surface area contributed by atoms with Crippen molar-refractivity contribution in [3.8, 4) is 0 Å². The minimum Gasteiger partial charge on any atom is -0.322 e. The zero-order chi connectivity index (χ0) is 17.6. The molecule has 132 valence electrons. The predicted octanol–water partition coefficient (Wildman–Crippen LogP) is 1.45. The maximum atomic E-state index is 13.3. The summed E-state index contributed by atoms with van der Waals surface area (Å²) in [5, 5.41) is 2.10. The molecule has 1 aliphatic rings. The van der Waals surface area contributed by atoms with Crippen LogP contribution in [0.25, 0.3) is 0 Å². The smallest absolute Gasteiger partial charge is 0.322 e. The molecular formula is C12H19F3N4O3S. The van der Waals surface area contributed by atoms with Gasteiger partial charge in [0.25, 0.3) is 0 Å². The molecule has 1 fully saturated rings. The maximum absolute atomic E-state index is 13.3. The first-order valence-electron chi connectivity index (χ1n) is 7.01. The number of sulfonamides is 1. The minimum atomic E-state index is -4.64. The Kier molecular flexibility index (Phi) is 4.64. The van der Waals surface area contributed by atoms with Crippen LogP contribution in [-0.2, 0) is 10.0 Å². The van der Waals surface area contributed by atoms with Crippen LogP contribution in [0.1, 0.15) is 25.6 Å². The lowest BCUT2D eigenvalue weighted by molar-refractivity contribution is -0.167. The molecular weight excluding hydrogens is 337 g/mol. The lowest BCUT2D eigenvalue weighted by atomic mass is 10.1. The second-order valence-electron chi connectivity index (χ2n) is 6.01. The van der Waals surface area contributed by atoms with Crippen molar-refractivity contribution in [2.45, 2.75) is 31.2 Å². The van der Waals surface area contributed by atoms with Crippen molar-refractivity contribution < 1.29 is 26.1 Å². The van der Waals surface area contributed by atoms with Gasteiger partial charge in [-0.15, -0.1) is 0 Å². The van der Waals surface area contributed by atoms with E-state index in [0.717, 1.165) is 4.31 Å². The van der Waals surface area contributed by atoms with E-state index in [0.29, 0.717) is 5.82 Å². The summed E-state index contributed by atoms with van der Waals surface area (Å²) in [5.74, 6) is -1.69. The van der Waals surface area contributed by atoms with Crippen LogP contribution < -0.4 is 4.90 Å². The van der Waals surface area contributed by atoms with E-state index in [1.165, 1.54) is 19.0 Å². The Bertz CT molecular complexity index is 657. The Morgan fingerprint density at radius 3 is 2.35 bits per heavy atom. The van der Waals surface area contributed by atoms with Gasteiger partial charge in [-0.3, -0.25) is 0 Å². The first-order chi connectivity index (χ1) is 10.4. The summed E-state index contributed by atoms with van der Waals surface area (Å²) in [7, 11) is -1.64. The first-order valence-corrected chi connectivity index (χ1v) is 8.51. The number of aromatic nitrogens is 2. The van der Waals surface area contributed by atoms with E-state index >= 15 is 0 Å². The summed E-state index contributed by atoms with van der Waals surface area (Å²) < 4.78 is 70.0. The van der Waals surface area contributed by atoms with Gasteiger partial charge in [0.2, 0.25) is 10.0 Å². The van der Waals surface area contributed by atoms with Gasteiger partial charge in [-0.2, -0.15) is 18.2 Å². The monoisotopic (exact) mass is 356 g/mol. The molecule has 0 N–H and O–H groups in total. The van der Waals surface area contributed by atoms with Crippen molar-refractivity contribution in [3.63, 3.8) is 0 Å². The summed E-state index contributed by atoms with van der Waals surface area (Å²) in [4.78, 5) is 5.23. The van der Waals surface area contributed by atoms with Gasteiger partial charge in [0, 0.05) is 33.1 Å². The number of nitrogens with zero attached hydrogens (tertiary/aromatic N) is 4. The van der Waals surface area contributed by atoms with E-state index in [9.17, 15) is 21.6 Å². The van der Waals surface area contributed by atoms with E-state index in [4.69, 9.17) is 4.52 Å². The molecule has 1 aromatic rings. The van der Waals surface area contributed by atoms with Crippen LogP contribution in [-0.4, -0.2) is 61.5 Å². The van der Waals surface area contributed by atoms with Crippen LogP contribution >= 0.6 is 0 Å². The summed E-state index contributed by atoms with van der Waals surface area (Å²) in [6, 6.07) is -0.0839.